The summed E-state index contributed by atoms with van der Waals surface area (Å²) in [7, 11) is 0. The molecule has 0 saturated heterocycles. The molecule has 0 aromatic heterocycles. The normalized spacial score (nSPS) is 11.3. The predicted molar refractivity (Wildman–Crippen MR) is 153 cm³/mol. The van der Waals surface area contributed by atoms with Gasteiger partial charge in [0.15, 0.2) is 0 Å². The van der Waals surface area contributed by atoms with Crippen molar-refractivity contribution in [2.45, 2.75) is 86.1 Å². The highest BCUT2D eigenvalue weighted by Crippen LogP contribution is 2.26. The van der Waals surface area contributed by atoms with E-state index >= 15 is 0 Å². The molecule has 0 atom stereocenters. The first-order valence-corrected chi connectivity index (χ1v) is 13.6. The first-order valence-electron chi connectivity index (χ1n) is 13.6. The van der Waals surface area contributed by atoms with Crippen LogP contribution in [-0.2, 0) is 35.6 Å². The van der Waals surface area contributed by atoms with Gasteiger partial charge in [0, 0.05) is 17.8 Å². The number of aryl methyl sites for hydroxylation is 2. The summed E-state index contributed by atoms with van der Waals surface area (Å²) in [5, 5.41) is 0. The molecule has 0 fully saturated rings. The molecule has 0 unspecified atom stereocenters. The summed E-state index contributed by atoms with van der Waals surface area (Å²) in [5.74, 6) is 0.580. The van der Waals surface area contributed by atoms with Crippen LogP contribution in [0.1, 0.15) is 70.2 Å². The van der Waals surface area contributed by atoms with E-state index in [1.54, 1.807) is 0 Å². The van der Waals surface area contributed by atoms with Crippen molar-refractivity contribution in [1.29, 1.82) is 0 Å². The number of hydrogen-bond acceptors (Lipinski definition) is 4. The maximum Gasteiger partial charge on any atom is 0.308 e. The molecule has 0 amide bonds. The molecule has 0 spiro atoms. The number of ether oxygens (including phenoxy) is 2. The molecule has 0 saturated carbocycles. The van der Waals surface area contributed by atoms with E-state index in [0.717, 1.165) is 41.7 Å². The predicted octanol–water partition coefficient (Wildman–Crippen LogP) is 7.76. The first-order chi connectivity index (χ1) is 17.7. The number of carbonyl (C=O) groups is 1. The summed E-state index contributed by atoms with van der Waals surface area (Å²) < 4.78 is 11.7. The maximum atomic E-state index is 12.0. The zero-order valence-corrected chi connectivity index (χ0v) is 23.4. The molecule has 4 nitrogen and oxygen atoms in total. The van der Waals surface area contributed by atoms with Crippen LogP contribution >= 0.6 is 0 Å². The average molecular weight is 502 g/mol. The van der Waals surface area contributed by atoms with Crippen molar-refractivity contribution in [2.24, 2.45) is 5.92 Å². The van der Waals surface area contributed by atoms with Crippen LogP contribution < -0.4 is 9.64 Å². The second-order valence-electron chi connectivity index (χ2n) is 10.6. The Balaban J connectivity index is 1.71. The van der Waals surface area contributed by atoms with Crippen molar-refractivity contribution < 1.29 is 14.3 Å². The van der Waals surface area contributed by atoms with E-state index in [-0.39, 0.29) is 18.5 Å². The van der Waals surface area contributed by atoms with Crippen molar-refractivity contribution in [3.8, 4) is 5.75 Å². The van der Waals surface area contributed by atoms with E-state index < -0.39 is 0 Å². The topological polar surface area (TPSA) is 38.8 Å². The van der Waals surface area contributed by atoms with Crippen LogP contribution in [0.4, 0.5) is 5.69 Å². The SMILES string of the molecule is CC(C)C(=O)OCc1ccc(OCc2ccccc2)c(CCCc2cccc(N(C(C)C)C(C)C)c2)c1. The monoisotopic (exact) mass is 501 g/mol. The number of benzene rings is 3. The molecule has 0 aliphatic carbocycles. The highest BCUT2D eigenvalue weighted by molar-refractivity contribution is 5.71. The van der Waals surface area contributed by atoms with Crippen LogP contribution in [0.5, 0.6) is 5.75 Å². The van der Waals surface area contributed by atoms with E-state index in [0.29, 0.717) is 18.7 Å². The van der Waals surface area contributed by atoms with Crippen LogP contribution in [-0.4, -0.2) is 18.1 Å². The molecule has 0 N–H and O–H groups in total. The van der Waals surface area contributed by atoms with Gasteiger partial charge in [-0.2, -0.15) is 0 Å². The largest absolute Gasteiger partial charge is 0.489 e. The van der Waals surface area contributed by atoms with Gasteiger partial charge in [-0.05, 0) is 93.5 Å². The third-order valence-corrected chi connectivity index (χ3v) is 6.45. The molecular weight excluding hydrogens is 458 g/mol. The Morgan fingerprint density at radius 1 is 0.730 bits per heavy atom. The Kier molecular flexibility index (Phi) is 10.6. The number of esters is 1. The molecule has 0 aliphatic heterocycles. The van der Waals surface area contributed by atoms with Gasteiger partial charge in [0.25, 0.3) is 0 Å². The molecule has 3 aromatic rings. The molecule has 3 rings (SSSR count). The van der Waals surface area contributed by atoms with Crippen molar-refractivity contribution in [3.63, 3.8) is 0 Å². The Hall–Kier alpha value is -3.27. The van der Waals surface area contributed by atoms with Crippen LogP contribution in [0.15, 0.2) is 72.8 Å². The lowest BCUT2D eigenvalue weighted by Gasteiger charge is -2.33. The van der Waals surface area contributed by atoms with Crippen LogP contribution in [0.25, 0.3) is 0 Å². The van der Waals surface area contributed by atoms with E-state index in [1.165, 1.54) is 11.3 Å². The lowest BCUT2D eigenvalue weighted by Crippen LogP contribution is -2.36. The minimum absolute atomic E-state index is 0.133. The fraction of sp³-hybridized carbons (Fsp3) is 0.424. The molecule has 0 heterocycles. The molecule has 0 bridgehead atoms. The Labute approximate surface area is 223 Å². The van der Waals surface area contributed by atoms with Gasteiger partial charge >= 0.3 is 5.97 Å². The number of carbonyl (C=O) groups excluding carboxylic acids is 1. The number of hydrogen-bond donors (Lipinski definition) is 0. The van der Waals surface area contributed by atoms with Crippen LogP contribution in [0.3, 0.4) is 0 Å². The molecular formula is C33H43NO3. The highest BCUT2D eigenvalue weighted by Gasteiger charge is 2.15. The molecule has 3 aromatic carbocycles. The summed E-state index contributed by atoms with van der Waals surface area (Å²) in [6, 6.07) is 26.2. The molecule has 37 heavy (non-hydrogen) atoms. The zero-order valence-electron chi connectivity index (χ0n) is 23.4. The van der Waals surface area contributed by atoms with Crippen molar-refractivity contribution in [3.05, 3.63) is 95.1 Å². The number of nitrogens with zero attached hydrogens (tertiary/aromatic N) is 1. The van der Waals surface area contributed by atoms with Crippen molar-refractivity contribution in [2.75, 3.05) is 4.90 Å². The second kappa shape index (κ2) is 13.9. The van der Waals surface area contributed by atoms with Gasteiger partial charge in [0.05, 0.1) is 5.92 Å². The summed E-state index contributed by atoms with van der Waals surface area (Å²) in [5.41, 5.74) is 5.90. The summed E-state index contributed by atoms with van der Waals surface area (Å²) >= 11 is 0. The van der Waals surface area contributed by atoms with E-state index in [1.807, 2.05) is 44.2 Å². The maximum absolute atomic E-state index is 12.0. The molecule has 0 radical (unpaired) electrons. The summed E-state index contributed by atoms with van der Waals surface area (Å²) in [6.07, 6.45) is 2.88. The first kappa shape index (κ1) is 28.3. The van der Waals surface area contributed by atoms with E-state index in [9.17, 15) is 4.79 Å². The quantitative estimate of drug-likeness (QED) is 0.224. The zero-order chi connectivity index (χ0) is 26.8. The number of anilines is 1. The smallest absolute Gasteiger partial charge is 0.308 e. The van der Waals surface area contributed by atoms with Gasteiger partial charge in [0.1, 0.15) is 19.0 Å². The summed E-state index contributed by atoms with van der Waals surface area (Å²) in [4.78, 5) is 14.4. The lowest BCUT2D eigenvalue weighted by molar-refractivity contribution is -0.148. The molecule has 0 aliphatic rings. The minimum atomic E-state index is -0.178. The molecule has 4 heteroatoms. The fourth-order valence-electron chi connectivity index (χ4n) is 4.66. The standard InChI is InChI=1S/C33H43NO3/c1-24(2)33(35)37-23-29-18-19-32(36-22-28-12-8-7-9-13-28)30(20-29)16-10-14-27-15-11-17-31(21-27)34(25(3)4)26(5)6/h7-9,11-13,15,17-21,24-26H,10,14,16,22-23H2,1-6H3. The fourth-order valence-corrected chi connectivity index (χ4v) is 4.66. The van der Waals surface area contributed by atoms with Gasteiger partial charge in [-0.3, -0.25) is 4.79 Å². The van der Waals surface area contributed by atoms with Gasteiger partial charge in [0.2, 0.25) is 0 Å². The van der Waals surface area contributed by atoms with Crippen LogP contribution in [0.2, 0.25) is 0 Å². The lowest BCUT2D eigenvalue weighted by atomic mass is 10.0. The Morgan fingerprint density at radius 2 is 1.43 bits per heavy atom. The average Bonchev–Trinajstić information content (AvgIpc) is 2.87. The van der Waals surface area contributed by atoms with Gasteiger partial charge in [-0.15, -0.1) is 0 Å². The van der Waals surface area contributed by atoms with Gasteiger partial charge in [-0.25, -0.2) is 0 Å². The minimum Gasteiger partial charge on any atom is -0.489 e. The number of rotatable bonds is 13. The van der Waals surface area contributed by atoms with Crippen molar-refractivity contribution >= 4 is 11.7 Å². The van der Waals surface area contributed by atoms with Gasteiger partial charge < -0.3 is 14.4 Å². The van der Waals surface area contributed by atoms with Gasteiger partial charge in [-0.1, -0.05) is 62.4 Å². The Morgan fingerprint density at radius 3 is 2.11 bits per heavy atom. The van der Waals surface area contributed by atoms with E-state index in [4.69, 9.17) is 9.47 Å². The third kappa shape index (κ3) is 8.66. The van der Waals surface area contributed by atoms with Crippen LogP contribution in [0, 0.1) is 5.92 Å². The molecule has 198 valence electrons. The summed E-state index contributed by atoms with van der Waals surface area (Å²) in [6.45, 7) is 13.5. The Bertz CT molecular complexity index is 1110. The van der Waals surface area contributed by atoms with Crippen molar-refractivity contribution in [1.82, 2.24) is 0 Å². The highest BCUT2D eigenvalue weighted by atomic mass is 16.5. The van der Waals surface area contributed by atoms with E-state index in [2.05, 4.69) is 75.1 Å². The third-order valence-electron chi connectivity index (χ3n) is 6.45. The second-order valence-corrected chi connectivity index (χ2v) is 10.6.